The van der Waals surface area contributed by atoms with E-state index in [9.17, 15) is 18.0 Å². The monoisotopic (exact) mass is 442 g/mol. The molecule has 3 heterocycles. The Labute approximate surface area is 177 Å². The second-order valence-electron chi connectivity index (χ2n) is 7.73. The molecule has 0 aliphatic carbocycles. The van der Waals surface area contributed by atoms with Crippen LogP contribution < -0.4 is 10.2 Å². The SMILES string of the molecule is CC(C)C(=O)NCc1nc(N2C[C@@H](C)O[C@@H](C)C2)sc1-c1ccnc(C(F)(F)F)c1. The Balaban J connectivity index is 1.97. The molecule has 6 nitrogen and oxygen atoms in total. The highest BCUT2D eigenvalue weighted by Crippen LogP contribution is 2.38. The van der Waals surface area contributed by atoms with Crippen molar-refractivity contribution >= 4 is 22.4 Å². The molecule has 0 unspecified atom stereocenters. The first-order valence-corrected chi connectivity index (χ1v) is 10.6. The van der Waals surface area contributed by atoms with Gasteiger partial charge in [0.2, 0.25) is 5.91 Å². The summed E-state index contributed by atoms with van der Waals surface area (Å²) in [6, 6.07) is 2.56. The summed E-state index contributed by atoms with van der Waals surface area (Å²) in [6.45, 7) is 8.91. The molecule has 0 spiro atoms. The summed E-state index contributed by atoms with van der Waals surface area (Å²) in [5.41, 5.74) is -0.0416. The van der Waals surface area contributed by atoms with Crippen LogP contribution in [0.4, 0.5) is 18.3 Å². The zero-order valence-electron chi connectivity index (χ0n) is 17.3. The number of ether oxygens (including phenoxy) is 1. The van der Waals surface area contributed by atoms with Gasteiger partial charge in [-0.05, 0) is 31.5 Å². The van der Waals surface area contributed by atoms with Crippen molar-refractivity contribution in [3.05, 3.63) is 29.7 Å². The normalized spacial score (nSPS) is 19.9. The number of morpholine rings is 1. The van der Waals surface area contributed by atoms with E-state index in [1.54, 1.807) is 13.8 Å². The molecule has 1 aliphatic heterocycles. The van der Waals surface area contributed by atoms with E-state index in [0.29, 0.717) is 34.4 Å². The van der Waals surface area contributed by atoms with Crippen LogP contribution in [0.1, 0.15) is 39.1 Å². The average molecular weight is 443 g/mol. The summed E-state index contributed by atoms with van der Waals surface area (Å²) in [5, 5.41) is 3.51. The Morgan fingerprint density at radius 2 is 2.00 bits per heavy atom. The highest BCUT2D eigenvalue weighted by molar-refractivity contribution is 7.19. The number of rotatable bonds is 5. The molecule has 2 aromatic rings. The van der Waals surface area contributed by atoms with E-state index in [1.807, 2.05) is 13.8 Å². The molecule has 1 fully saturated rings. The number of pyridine rings is 1. The molecule has 0 saturated carbocycles. The molecule has 30 heavy (non-hydrogen) atoms. The fourth-order valence-corrected chi connectivity index (χ4v) is 4.35. The van der Waals surface area contributed by atoms with Crippen molar-refractivity contribution < 1.29 is 22.7 Å². The number of carbonyl (C=O) groups excluding carboxylic acids is 1. The zero-order chi connectivity index (χ0) is 22.1. The van der Waals surface area contributed by atoms with Crippen LogP contribution in [0.3, 0.4) is 0 Å². The molecular weight excluding hydrogens is 417 g/mol. The molecule has 164 valence electrons. The maximum absolute atomic E-state index is 13.2. The van der Waals surface area contributed by atoms with Gasteiger partial charge in [-0.3, -0.25) is 9.78 Å². The van der Waals surface area contributed by atoms with Gasteiger partial charge in [0.05, 0.1) is 29.3 Å². The number of hydrogen-bond donors (Lipinski definition) is 1. The predicted octanol–water partition coefficient (Wildman–Crippen LogP) is 4.11. The molecule has 0 radical (unpaired) electrons. The van der Waals surface area contributed by atoms with Gasteiger partial charge in [0.25, 0.3) is 0 Å². The van der Waals surface area contributed by atoms with Crippen molar-refractivity contribution in [2.75, 3.05) is 18.0 Å². The minimum atomic E-state index is -4.54. The van der Waals surface area contributed by atoms with Gasteiger partial charge in [-0.15, -0.1) is 0 Å². The van der Waals surface area contributed by atoms with Crippen LogP contribution in [-0.4, -0.2) is 41.2 Å². The van der Waals surface area contributed by atoms with Crippen molar-refractivity contribution in [2.45, 2.75) is 52.6 Å². The van der Waals surface area contributed by atoms with Crippen molar-refractivity contribution in [3.8, 4) is 10.4 Å². The van der Waals surface area contributed by atoms with Crippen molar-refractivity contribution in [1.29, 1.82) is 0 Å². The predicted molar refractivity (Wildman–Crippen MR) is 109 cm³/mol. The maximum atomic E-state index is 13.2. The lowest BCUT2D eigenvalue weighted by Gasteiger charge is -2.35. The van der Waals surface area contributed by atoms with Gasteiger partial charge in [0.15, 0.2) is 5.13 Å². The largest absolute Gasteiger partial charge is 0.433 e. The van der Waals surface area contributed by atoms with Crippen molar-refractivity contribution in [3.63, 3.8) is 0 Å². The fourth-order valence-electron chi connectivity index (χ4n) is 3.26. The van der Waals surface area contributed by atoms with Gasteiger partial charge in [0.1, 0.15) is 5.69 Å². The summed E-state index contributed by atoms with van der Waals surface area (Å²) < 4.78 is 45.2. The number of anilines is 1. The van der Waals surface area contributed by atoms with Crippen LogP contribution in [0, 0.1) is 5.92 Å². The Morgan fingerprint density at radius 1 is 1.33 bits per heavy atom. The third kappa shape index (κ3) is 5.28. The van der Waals surface area contributed by atoms with E-state index >= 15 is 0 Å². The molecule has 2 atom stereocenters. The van der Waals surface area contributed by atoms with Crippen LogP contribution in [0.5, 0.6) is 0 Å². The molecule has 1 aliphatic rings. The second-order valence-corrected chi connectivity index (χ2v) is 8.71. The lowest BCUT2D eigenvalue weighted by molar-refractivity contribution is -0.141. The second kappa shape index (κ2) is 8.89. The van der Waals surface area contributed by atoms with Crippen LogP contribution in [0.25, 0.3) is 10.4 Å². The van der Waals surface area contributed by atoms with E-state index in [4.69, 9.17) is 4.74 Å². The first-order valence-electron chi connectivity index (χ1n) is 9.76. The molecule has 3 rings (SSSR count). The van der Waals surface area contributed by atoms with Gasteiger partial charge < -0.3 is 15.0 Å². The highest BCUT2D eigenvalue weighted by atomic mass is 32.1. The number of alkyl halides is 3. The molecule has 1 amide bonds. The van der Waals surface area contributed by atoms with Gasteiger partial charge in [-0.25, -0.2) is 4.98 Å². The Hall–Kier alpha value is -2.20. The summed E-state index contributed by atoms with van der Waals surface area (Å²) in [4.78, 5) is 22.8. The number of carbonyl (C=O) groups is 1. The zero-order valence-corrected chi connectivity index (χ0v) is 18.1. The van der Waals surface area contributed by atoms with Crippen LogP contribution in [0.2, 0.25) is 0 Å². The third-order valence-corrected chi connectivity index (χ3v) is 5.85. The summed E-state index contributed by atoms with van der Waals surface area (Å²) in [7, 11) is 0. The Morgan fingerprint density at radius 3 is 2.60 bits per heavy atom. The van der Waals surface area contributed by atoms with E-state index < -0.39 is 11.9 Å². The third-order valence-electron chi connectivity index (χ3n) is 4.64. The topological polar surface area (TPSA) is 67.4 Å². The summed E-state index contributed by atoms with van der Waals surface area (Å²) >= 11 is 1.32. The smallest absolute Gasteiger partial charge is 0.372 e. The molecule has 2 aromatic heterocycles. The average Bonchev–Trinajstić information content (AvgIpc) is 3.09. The van der Waals surface area contributed by atoms with Gasteiger partial charge in [-0.2, -0.15) is 13.2 Å². The number of halogens is 3. The maximum Gasteiger partial charge on any atom is 0.433 e. The highest BCUT2D eigenvalue weighted by Gasteiger charge is 2.33. The lowest BCUT2D eigenvalue weighted by Crippen LogP contribution is -2.45. The first-order chi connectivity index (χ1) is 14.0. The van der Waals surface area contributed by atoms with Gasteiger partial charge in [-0.1, -0.05) is 25.2 Å². The van der Waals surface area contributed by atoms with E-state index in [1.165, 1.54) is 17.4 Å². The van der Waals surface area contributed by atoms with Crippen LogP contribution in [0.15, 0.2) is 18.3 Å². The summed E-state index contributed by atoms with van der Waals surface area (Å²) in [5.74, 6) is -0.347. The molecular formula is C20H25F3N4O2S. The lowest BCUT2D eigenvalue weighted by atomic mass is 10.1. The molecule has 0 aromatic carbocycles. The first kappa shape index (κ1) is 22.5. The van der Waals surface area contributed by atoms with E-state index in [-0.39, 0.29) is 30.6 Å². The quantitative estimate of drug-likeness (QED) is 0.755. The van der Waals surface area contributed by atoms with Gasteiger partial charge >= 0.3 is 6.18 Å². The minimum absolute atomic E-state index is 0.0166. The number of amides is 1. The van der Waals surface area contributed by atoms with Crippen molar-refractivity contribution in [1.82, 2.24) is 15.3 Å². The molecule has 10 heteroatoms. The molecule has 1 saturated heterocycles. The van der Waals surface area contributed by atoms with E-state index in [0.717, 1.165) is 12.3 Å². The van der Waals surface area contributed by atoms with Crippen molar-refractivity contribution in [2.24, 2.45) is 5.92 Å². The fraction of sp³-hybridized carbons (Fsp3) is 0.550. The Bertz CT molecular complexity index is 890. The Kier molecular flexibility index (Phi) is 6.66. The number of nitrogens with zero attached hydrogens (tertiary/aromatic N) is 3. The number of aromatic nitrogens is 2. The molecule has 0 bridgehead atoms. The molecule has 1 N–H and O–H groups in total. The minimum Gasteiger partial charge on any atom is -0.372 e. The summed E-state index contributed by atoms with van der Waals surface area (Å²) in [6.07, 6.45) is -3.36. The number of thiazole rings is 1. The van der Waals surface area contributed by atoms with Gasteiger partial charge in [0, 0.05) is 25.2 Å². The van der Waals surface area contributed by atoms with E-state index in [2.05, 4.69) is 20.2 Å². The number of nitrogens with one attached hydrogen (secondary N) is 1. The number of hydrogen-bond acceptors (Lipinski definition) is 6. The van der Waals surface area contributed by atoms with Crippen LogP contribution in [-0.2, 0) is 22.3 Å². The van der Waals surface area contributed by atoms with Crippen LogP contribution >= 0.6 is 11.3 Å². The standard InChI is InChI=1S/C20H25F3N4O2S/c1-11(2)18(28)25-8-15-17(14-5-6-24-16(7-14)20(21,22)23)30-19(26-15)27-9-12(3)29-13(4)10-27/h5-7,11-13H,8-10H2,1-4H3,(H,25,28)/t12-,13+.